The smallest absolute Gasteiger partial charge is 0.329 e. The molecule has 29 heavy (non-hydrogen) atoms. The van der Waals surface area contributed by atoms with Gasteiger partial charge in [-0.1, -0.05) is 37.3 Å². The number of hydrazone groups is 1. The van der Waals surface area contributed by atoms with Crippen molar-refractivity contribution in [2.75, 3.05) is 13.2 Å². The Balaban J connectivity index is 1.93. The molecule has 0 heterocycles. The summed E-state index contributed by atoms with van der Waals surface area (Å²) in [5.41, 5.74) is 3.85. The number of ether oxygens (including phenoxy) is 2. The van der Waals surface area contributed by atoms with E-state index in [2.05, 4.69) is 15.8 Å². The summed E-state index contributed by atoms with van der Waals surface area (Å²) >= 11 is 0. The summed E-state index contributed by atoms with van der Waals surface area (Å²) in [4.78, 5) is 24.0. The number of nitrogens with zero attached hydrogens (tertiary/aromatic N) is 1. The number of hydrogen-bond acceptors (Lipinski definition) is 5. The average molecular weight is 397 g/mol. The minimum absolute atomic E-state index is 0.289. The van der Waals surface area contributed by atoms with Gasteiger partial charge in [-0.05, 0) is 49.6 Å². The number of carbonyl (C=O) groups excluding carboxylic acids is 2. The number of hydrogen-bond donors (Lipinski definition) is 2. The van der Waals surface area contributed by atoms with E-state index in [0.717, 1.165) is 12.0 Å². The van der Waals surface area contributed by atoms with Crippen molar-refractivity contribution < 1.29 is 19.1 Å². The predicted octanol–water partition coefficient (Wildman–Crippen LogP) is 3.20. The first-order valence-electron chi connectivity index (χ1n) is 9.63. The molecule has 2 N–H and O–H groups in total. The van der Waals surface area contributed by atoms with Gasteiger partial charge >= 0.3 is 11.8 Å². The summed E-state index contributed by atoms with van der Waals surface area (Å²) in [7, 11) is 0. The van der Waals surface area contributed by atoms with Gasteiger partial charge in [0.1, 0.15) is 0 Å². The van der Waals surface area contributed by atoms with Crippen molar-refractivity contribution in [3.63, 3.8) is 0 Å². The van der Waals surface area contributed by atoms with Crippen LogP contribution in [-0.2, 0) is 9.59 Å². The highest BCUT2D eigenvalue weighted by molar-refractivity contribution is 6.35. The molecule has 0 aromatic heterocycles. The lowest BCUT2D eigenvalue weighted by molar-refractivity contribution is -0.139. The van der Waals surface area contributed by atoms with E-state index in [9.17, 15) is 9.59 Å². The number of carbonyl (C=O) groups is 2. The fourth-order valence-electron chi connectivity index (χ4n) is 2.51. The topological polar surface area (TPSA) is 89.0 Å². The van der Waals surface area contributed by atoms with Crippen LogP contribution in [0.15, 0.2) is 53.6 Å². The first kappa shape index (κ1) is 21.9. The molecule has 0 saturated heterocycles. The molecular weight excluding hydrogens is 370 g/mol. The third-order valence-corrected chi connectivity index (χ3v) is 3.96. The van der Waals surface area contributed by atoms with Gasteiger partial charge in [-0.25, -0.2) is 5.43 Å². The van der Waals surface area contributed by atoms with Crippen LogP contribution in [0.1, 0.15) is 44.4 Å². The van der Waals surface area contributed by atoms with Crippen molar-refractivity contribution in [1.29, 1.82) is 0 Å². The molecule has 2 amide bonds. The Morgan fingerprint density at radius 3 is 2.48 bits per heavy atom. The maximum Gasteiger partial charge on any atom is 0.329 e. The molecule has 154 valence electrons. The van der Waals surface area contributed by atoms with Crippen molar-refractivity contribution in [2.45, 2.75) is 33.2 Å². The fraction of sp³-hybridized carbons (Fsp3) is 0.318. The van der Waals surface area contributed by atoms with E-state index in [-0.39, 0.29) is 6.04 Å². The molecule has 0 bridgehead atoms. The molecule has 0 radical (unpaired) electrons. The number of nitrogens with one attached hydrogen (secondary N) is 2. The van der Waals surface area contributed by atoms with Gasteiger partial charge < -0.3 is 14.8 Å². The van der Waals surface area contributed by atoms with Crippen molar-refractivity contribution >= 4 is 18.0 Å². The number of rotatable bonds is 9. The van der Waals surface area contributed by atoms with Crippen LogP contribution in [0.25, 0.3) is 0 Å². The predicted molar refractivity (Wildman–Crippen MR) is 112 cm³/mol. The Hall–Kier alpha value is -3.35. The summed E-state index contributed by atoms with van der Waals surface area (Å²) in [6, 6.07) is 14.5. The third-order valence-electron chi connectivity index (χ3n) is 3.96. The van der Waals surface area contributed by atoms with Gasteiger partial charge in [0.25, 0.3) is 0 Å². The molecule has 0 unspecified atom stereocenters. The Labute approximate surface area is 171 Å². The van der Waals surface area contributed by atoms with Crippen LogP contribution in [0, 0.1) is 0 Å². The van der Waals surface area contributed by atoms with E-state index < -0.39 is 11.8 Å². The average Bonchev–Trinajstić information content (AvgIpc) is 2.73. The highest BCUT2D eigenvalue weighted by Gasteiger charge is 2.16. The molecule has 0 fully saturated rings. The van der Waals surface area contributed by atoms with Crippen molar-refractivity contribution in [3.8, 4) is 11.5 Å². The van der Waals surface area contributed by atoms with Crippen LogP contribution in [0.5, 0.6) is 11.5 Å². The second-order valence-corrected chi connectivity index (χ2v) is 6.29. The molecule has 0 aliphatic carbocycles. The monoisotopic (exact) mass is 397 g/mol. The second kappa shape index (κ2) is 11.5. The van der Waals surface area contributed by atoms with Crippen molar-refractivity contribution in [3.05, 3.63) is 59.7 Å². The van der Waals surface area contributed by atoms with Gasteiger partial charge in [-0.15, -0.1) is 0 Å². The van der Waals surface area contributed by atoms with Crippen LogP contribution in [0.2, 0.25) is 0 Å². The minimum atomic E-state index is -0.836. The lowest BCUT2D eigenvalue weighted by Gasteiger charge is -2.13. The van der Waals surface area contributed by atoms with Crippen LogP contribution in [-0.4, -0.2) is 31.2 Å². The van der Waals surface area contributed by atoms with Gasteiger partial charge in [0.2, 0.25) is 0 Å². The van der Waals surface area contributed by atoms with Crippen LogP contribution >= 0.6 is 0 Å². The quantitative estimate of drug-likeness (QED) is 0.386. The van der Waals surface area contributed by atoms with Crippen LogP contribution < -0.4 is 20.2 Å². The maximum atomic E-state index is 12.0. The van der Waals surface area contributed by atoms with Gasteiger partial charge in [-0.2, -0.15) is 5.10 Å². The summed E-state index contributed by atoms with van der Waals surface area (Å²) in [6.07, 6.45) is 2.34. The lowest BCUT2D eigenvalue weighted by atomic mass is 10.1. The zero-order chi connectivity index (χ0) is 21.1. The molecule has 2 aromatic carbocycles. The number of amides is 2. The fourth-order valence-corrected chi connectivity index (χ4v) is 2.51. The lowest BCUT2D eigenvalue weighted by Crippen LogP contribution is -2.39. The third kappa shape index (κ3) is 6.95. The molecule has 7 nitrogen and oxygen atoms in total. The van der Waals surface area contributed by atoms with Crippen LogP contribution in [0.4, 0.5) is 0 Å². The molecule has 1 atom stereocenters. The van der Waals surface area contributed by atoms with E-state index in [1.165, 1.54) is 6.21 Å². The Kier molecular flexibility index (Phi) is 8.69. The second-order valence-electron chi connectivity index (χ2n) is 6.29. The van der Waals surface area contributed by atoms with Gasteiger partial charge in [0.05, 0.1) is 25.5 Å². The number of benzene rings is 2. The van der Waals surface area contributed by atoms with Gasteiger partial charge in [0.15, 0.2) is 11.5 Å². The Morgan fingerprint density at radius 2 is 1.79 bits per heavy atom. The summed E-state index contributed by atoms with van der Waals surface area (Å²) in [5, 5.41) is 6.49. The van der Waals surface area contributed by atoms with Crippen molar-refractivity contribution in [1.82, 2.24) is 10.7 Å². The molecule has 0 spiro atoms. The standard InChI is InChI=1S/C22H27N3O4/c1-4-13-29-19-12-11-17(14-20(19)28-5-2)15-23-25-22(27)21(26)24-16(3)18-9-7-6-8-10-18/h6-12,14-16H,4-5,13H2,1-3H3,(H,24,26)(H,25,27)/b23-15-/t16-/m0/s1. The zero-order valence-electron chi connectivity index (χ0n) is 17.0. The molecule has 2 rings (SSSR count). The van der Waals surface area contributed by atoms with Gasteiger partial charge in [0, 0.05) is 0 Å². The van der Waals surface area contributed by atoms with Gasteiger partial charge in [-0.3, -0.25) is 9.59 Å². The molecule has 2 aromatic rings. The van der Waals surface area contributed by atoms with E-state index in [1.807, 2.05) is 44.2 Å². The van der Waals surface area contributed by atoms with E-state index in [4.69, 9.17) is 9.47 Å². The largest absolute Gasteiger partial charge is 0.490 e. The van der Waals surface area contributed by atoms with E-state index in [1.54, 1.807) is 25.1 Å². The zero-order valence-corrected chi connectivity index (χ0v) is 17.0. The molecule has 0 saturated carbocycles. The first-order valence-corrected chi connectivity index (χ1v) is 9.63. The Morgan fingerprint density at radius 1 is 1.03 bits per heavy atom. The highest BCUT2D eigenvalue weighted by atomic mass is 16.5. The summed E-state index contributed by atoms with van der Waals surface area (Å²) in [6.45, 7) is 6.82. The molecule has 7 heteroatoms. The summed E-state index contributed by atoms with van der Waals surface area (Å²) < 4.78 is 11.2. The highest BCUT2D eigenvalue weighted by Crippen LogP contribution is 2.28. The molecule has 0 aliphatic rings. The molecular formula is C22H27N3O4. The first-order chi connectivity index (χ1) is 14.0. The minimum Gasteiger partial charge on any atom is -0.490 e. The van der Waals surface area contributed by atoms with Crippen LogP contribution in [0.3, 0.4) is 0 Å². The SMILES string of the molecule is CCCOc1ccc(/C=N\NC(=O)C(=O)N[C@@H](C)c2ccccc2)cc1OCC. The maximum absolute atomic E-state index is 12.0. The van der Waals surface area contributed by atoms with E-state index >= 15 is 0 Å². The molecule has 0 aliphatic heterocycles. The normalized spacial score (nSPS) is 11.7. The van der Waals surface area contributed by atoms with Crippen molar-refractivity contribution in [2.24, 2.45) is 5.10 Å². The Bertz CT molecular complexity index is 837. The van der Waals surface area contributed by atoms with E-state index in [0.29, 0.717) is 30.3 Å². The summed E-state index contributed by atoms with van der Waals surface area (Å²) in [5.74, 6) is -0.330.